The molecule has 0 aromatic carbocycles. The fraction of sp³-hybridized carbons (Fsp3) is 0.923. The standard InChI is InChI=1S/C13H26N2O2.ClH/c1-4-13(9-16)5-7-15(8-6-13)12(17)11(14)10(2)3;/h10-11,16H,4-9,14H2,1-3H3;1H/t11-;/m0./s1. The Morgan fingerprint density at radius 2 is 1.89 bits per heavy atom. The molecule has 3 N–H and O–H groups in total. The molecule has 1 aliphatic heterocycles. The largest absolute Gasteiger partial charge is 0.396 e. The molecule has 1 fully saturated rings. The minimum absolute atomic E-state index is 0. The number of amides is 1. The van der Waals surface area contributed by atoms with Crippen LogP contribution in [0.2, 0.25) is 0 Å². The lowest BCUT2D eigenvalue weighted by molar-refractivity contribution is -0.136. The molecule has 0 saturated carbocycles. The summed E-state index contributed by atoms with van der Waals surface area (Å²) >= 11 is 0. The van der Waals surface area contributed by atoms with Crippen molar-refractivity contribution in [2.45, 2.75) is 46.1 Å². The first-order valence-electron chi connectivity index (χ1n) is 6.61. The molecule has 0 radical (unpaired) electrons. The van der Waals surface area contributed by atoms with E-state index in [0.717, 1.165) is 32.4 Å². The van der Waals surface area contributed by atoms with Crippen molar-refractivity contribution in [3.05, 3.63) is 0 Å². The first-order chi connectivity index (χ1) is 7.95. The number of halogens is 1. The van der Waals surface area contributed by atoms with Gasteiger partial charge in [-0.1, -0.05) is 20.8 Å². The van der Waals surface area contributed by atoms with Crippen LogP contribution in [-0.2, 0) is 4.79 Å². The summed E-state index contributed by atoms with van der Waals surface area (Å²) in [6.45, 7) is 7.73. The maximum atomic E-state index is 12.1. The summed E-state index contributed by atoms with van der Waals surface area (Å²) in [7, 11) is 0. The molecule has 1 atom stereocenters. The number of carbonyl (C=O) groups excluding carboxylic acids is 1. The van der Waals surface area contributed by atoms with Crippen LogP contribution in [0, 0.1) is 11.3 Å². The number of hydrogen-bond donors (Lipinski definition) is 2. The maximum Gasteiger partial charge on any atom is 0.239 e. The summed E-state index contributed by atoms with van der Waals surface area (Å²) in [5, 5.41) is 9.44. The quantitative estimate of drug-likeness (QED) is 0.817. The minimum Gasteiger partial charge on any atom is -0.396 e. The lowest BCUT2D eigenvalue weighted by Crippen LogP contribution is -2.51. The van der Waals surface area contributed by atoms with Crippen molar-refractivity contribution < 1.29 is 9.90 Å². The van der Waals surface area contributed by atoms with Crippen molar-refractivity contribution in [3.8, 4) is 0 Å². The molecule has 1 saturated heterocycles. The van der Waals surface area contributed by atoms with E-state index in [1.165, 1.54) is 0 Å². The molecule has 0 unspecified atom stereocenters. The third-order valence-corrected chi connectivity index (χ3v) is 4.22. The Morgan fingerprint density at radius 3 is 2.22 bits per heavy atom. The predicted octanol–water partition coefficient (Wildman–Crippen LogP) is 1.40. The van der Waals surface area contributed by atoms with E-state index in [1.807, 2.05) is 18.7 Å². The number of nitrogens with two attached hydrogens (primary N) is 1. The molecule has 1 amide bonds. The number of rotatable bonds is 4. The second-order valence-corrected chi connectivity index (χ2v) is 5.61. The average molecular weight is 279 g/mol. The van der Waals surface area contributed by atoms with E-state index in [1.54, 1.807) is 0 Å². The monoisotopic (exact) mass is 278 g/mol. The van der Waals surface area contributed by atoms with E-state index < -0.39 is 6.04 Å². The number of nitrogens with zero attached hydrogens (tertiary/aromatic N) is 1. The molecule has 0 aromatic rings. The van der Waals surface area contributed by atoms with Gasteiger partial charge in [-0.25, -0.2) is 0 Å². The van der Waals surface area contributed by atoms with Crippen molar-refractivity contribution in [3.63, 3.8) is 0 Å². The normalized spacial score (nSPS) is 20.4. The average Bonchev–Trinajstić information content (AvgIpc) is 2.37. The molecule has 0 aromatic heterocycles. The molecule has 0 spiro atoms. The van der Waals surface area contributed by atoms with Crippen LogP contribution in [0.15, 0.2) is 0 Å². The van der Waals surface area contributed by atoms with E-state index in [2.05, 4.69) is 6.92 Å². The third-order valence-electron chi connectivity index (χ3n) is 4.22. The van der Waals surface area contributed by atoms with Gasteiger partial charge in [-0.2, -0.15) is 0 Å². The summed E-state index contributed by atoms with van der Waals surface area (Å²) < 4.78 is 0. The van der Waals surface area contributed by atoms with Crippen LogP contribution in [0.5, 0.6) is 0 Å². The van der Waals surface area contributed by atoms with Crippen molar-refractivity contribution in [1.29, 1.82) is 0 Å². The van der Waals surface area contributed by atoms with Gasteiger partial charge in [0, 0.05) is 19.7 Å². The molecule has 1 aliphatic rings. The smallest absolute Gasteiger partial charge is 0.239 e. The van der Waals surface area contributed by atoms with Gasteiger partial charge in [-0.05, 0) is 30.6 Å². The van der Waals surface area contributed by atoms with Gasteiger partial charge in [-0.15, -0.1) is 12.4 Å². The van der Waals surface area contributed by atoms with Crippen LogP contribution < -0.4 is 5.73 Å². The molecule has 18 heavy (non-hydrogen) atoms. The van der Waals surface area contributed by atoms with E-state index in [0.29, 0.717) is 0 Å². The molecular weight excluding hydrogens is 252 g/mol. The summed E-state index contributed by atoms with van der Waals surface area (Å²) in [6.07, 6.45) is 2.74. The van der Waals surface area contributed by atoms with Crippen LogP contribution in [-0.4, -0.2) is 41.7 Å². The fourth-order valence-electron chi connectivity index (χ4n) is 2.32. The van der Waals surface area contributed by atoms with Gasteiger partial charge >= 0.3 is 0 Å². The van der Waals surface area contributed by atoms with E-state index in [9.17, 15) is 9.90 Å². The Labute approximate surface area is 116 Å². The molecule has 0 bridgehead atoms. The molecule has 0 aliphatic carbocycles. The van der Waals surface area contributed by atoms with Gasteiger partial charge in [-0.3, -0.25) is 4.79 Å². The number of piperidine rings is 1. The first kappa shape index (κ1) is 17.7. The van der Waals surface area contributed by atoms with Gasteiger partial charge in [0.15, 0.2) is 0 Å². The Bertz CT molecular complexity index is 258. The summed E-state index contributed by atoms with van der Waals surface area (Å²) in [4.78, 5) is 13.9. The molecule has 1 heterocycles. The Morgan fingerprint density at radius 1 is 1.39 bits per heavy atom. The lowest BCUT2D eigenvalue weighted by Gasteiger charge is -2.41. The highest BCUT2D eigenvalue weighted by Gasteiger charge is 2.35. The number of carbonyl (C=O) groups is 1. The van der Waals surface area contributed by atoms with Crippen LogP contribution >= 0.6 is 12.4 Å². The third kappa shape index (κ3) is 3.84. The highest BCUT2D eigenvalue weighted by Crippen LogP contribution is 2.34. The van der Waals surface area contributed by atoms with Gasteiger partial charge in [0.2, 0.25) is 5.91 Å². The number of aliphatic hydroxyl groups is 1. The van der Waals surface area contributed by atoms with Crippen molar-refractivity contribution in [2.24, 2.45) is 17.1 Å². The molecule has 1 rings (SSSR count). The Kier molecular flexibility index (Phi) is 7.18. The van der Waals surface area contributed by atoms with E-state index in [4.69, 9.17) is 5.73 Å². The van der Waals surface area contributed by atoms with Gasteiger partial charge in [0.05, 0.1) is 6.04 Å². The van der Waals surface area contributed by atoms with Crippen LogP contribution in [0.3, 0.4) is 0 Å². The summed E-state index contributed by atoms with van der Waals surface area (Å²) in [5.41, 5.74) is 5.91. The van der Waals surface area contributed by atoms with Crippen molar-refractivity contribution in [1.82, 2.24) is 4.90 Å². The fourth-order valence-corrected chi connectivity index (χ4v) is 2.32. The highest BCUT2D eigenvalue weighted by atomic mass is 35.5. The lowest BCUT2D eigenvalue weighted by atomic mass is 9.77. The van der Waals surface area contributed by atoms with Crippen molar-refractivity contribution in [2.75, 3.05) is 19.7 Å². The van der Waals surface area contributed by atoms with Gasteiger partial charge in [0.25, 0.3) is 0 Å². The Balaban J connectivity index is 0.00000289. The van der Waals surface area contributed by atoms with Gasteiger partial charge < -0.3 is 15.7 Å². The molecule has 108 valence electrons. The number of hydrogen-bond acceptors (Lipinski definition) is 3. The number of aliphatic hydroxyl groups excluding tert-OH is 1. The molecular formula is C13H27ClN2O2. The van der Waals surface area contributed by atoms with Crippen molar-refractivity contribution >= 4 is 18.3 Å². The zero-order valence-electron chi connectivity index (χ0n) is 11.7. The SMILES string of the molecule is CCC1(CO)CCN(C(=O)[C@@H](N)C(C)C)CC1.Cl. The predicted molar refractivity (Wildman–Crippen MR) is 75.7 cm³/mol. The topological polar surface area (TPSA) is 66.6 Å². The second kappa shape index (κ2) is 7.31. The maximum absolute atomic E-state index is 12.1. The van der Waals surface area contributed by atoms with E-state index >= 15 is 0 Å². The summed E-state index contributed by atoms with van der Waals surface area (Å²) in [5.74, 6) is 0.237. The van der Waals surface area contributed by atoms with Crippen LogP contribution in [0.25, 0.3) is 0 Å². The van der Waals surface area contributed by atoms with E-state index in [-0.39, 0.29) is 36.3 Å². The molecule has 4 nitrogen and oxygen atoms in total. The Hall–Kier alpha value is -0.320. The molecule has 5 heteroatoms. The zero-order valence-corrected chi connectivity index (χ0v) is 12.5. The highest BCUT2D eigenvalue weighted by molar-refractivity contribution is 5.85. The summed E-state index contributed by atoms with van der Waals surface area (Å²) in [6, 6.07) is -0.391. The van der Waals surface area contributed by atoms with Crippen LogP contribution in [0.4, 0.5) is 0 Å². The van der Waals surface area contributed by atoms with Gasteiger partial charge in [0.1, 0.15) is 0 Å². The number of likely N-dealkylation sites (tertiary alicyclic amines) is 1. The second-order valence-electron chi connectivity index (χ2n) is 5.61. The zero-order chi connectivity index (χ0) is 13.1. The minimum atomic E-state index is -0.391. The first-order valence-corrected chi connectivity index (χ1v) is 6.61. The van der Waals surface area contributed by atoms with Crippen LogP contribution in [0.1, 0.15) is 40.0 Å².